The summed E-state index contributed by atoms with van der Waals surface area (Å²) in [5.41, 5.74) is 4.95. The quantitative estimate of drug-likeness (QED) is 0.407. The monoisotopic (exact) mass is 426 g/mol. The Bertz CT molecular complexity index is 1220. The molecule has 1 aromatic heterocycles. The summed E-state index contributed by atoms with van der Waals surface area (Å²) in [5.74, 6) is 0.120. The fourth-order valence-electron chi connectivity index (χ4n) is 3.31. The SMILES string of the molecule is Cc1ccc([C@@H](C)NC(=O)c2cccc(Nc3cc(-c4ccc(F)cc4)ncn3)c2)cc1. The van der Waals surface area contributed by atoms with E-state index in [2.05, 4.69) is 20.6 Å². The van der Waals surface area contributed by atoms with Crippen molar-refractivity contribution in [1.82, 2.24) is 15.3 Å². The van der Waals surface area contributed by atoms with E-state index in [1.807, 2.05) is 50.2 Å². The molecule has 0 aliphatic heterocycles. The number of hydrogen-bond donors (Lipinski definition) is 2. The molecule has 6 heteroatoms. The van der Waals surface area contributed by atoms with Crippen molar-refractivity contribution in [2.45, 2.75) is 19.9 Å². The molecule has 1 heterocycles. The minimum absolute atomic E-state index is 0.111. The molecular weight excluding hydrogens is 403 g/mol. The van der Waals surface area contributed by atoms with E-state index in [0.717, 1.165) is 16.8 Å². The van der Waals surface area contributed by atoms with Gasteiger partial charge >= 0.3 is 0 Å². The van der Waals surface area contributed by atoms with Gasteiger partial charge in [-0.05, 0) is 61.9 Å². The van der Waals surface area contributed by atoms with Crippen molar-refractivity contribution in [3.05, 3.63) is 108 Å². The molecule has 0 aliphatic rings. The Morgan fingerprint density at radius 3 is 2.44 bits per heavy atom. The first-order chi connectivity index (χ1) is 15.5. The predicted octanol–water partition coefficient (Wildman–Crippen LogP) is 5.83. The molecule has 4 aromatic rings. The molecule has 1 amide bonds. The lowest BCUT2D eigenvalue weighted by Crippen LogP contribution is -2.26. The number of amides is 1. The molecule has 0 fully saturated rings. The van der Waals surface area contributed by atoms with Gasteiger partial charge in [0.25, 0.3) is 5.91 Å². The third-order valence-electron chi connectivity index (χ3n) is 5.13. The smallest absolute Gasteiger partial charge is 0.251 e. The fraction of sp³-hybridized carbons (Fsp3) is 0.115. The zero-order chi connectivity index (χ0) is 22.5. The number of nitrogens with zero attached hydrogens (tertiary/aromatic N) is 2. The van der Waals surface area contributed by atoms with Crippen LogP contribution in [0.1, 0.15) is 34.5 Å². The molecule has 0 aliphatic carbocycles. The zero-order valence-electron chi connectivity index (χ0n) is 17.8. The molecule has 0 radical (unpaired) electrons. The molecule has 0 unspecified atom stereocenters. The van der Waals surface area contributed by atoms with Gasteiger partial charge in [-0.1, -0.05) is 35.9 Å². The predicted molar refractivity (Wildman–Crippen MR) is 124 cm³/mol. The van der Waals surface area contributed by atoms with Crippen molar-refractivity contribution in [2.24, 2.45) is 0 Å². The molecule has 3 aromatic carbocycles. The average molecular weight is 426 g/mol. The molecule has 4 rings (SSSR count). The number of rotatable bonds is 6. The van der Waals surface area contributed by atoms with E-state index in [1.54, 1.807) is 30.3 Å². The first-order valence-electron chi connectivity index (χ1n) is 10.3. The summed E-state index contributed by atoms with van der Waals surface area (Å²) in [5, 5.41) is 6.24. The van der Waals surface area contributed by atoms with Crippen LogP contribution >= 0.6 is 0 Å². The van der Waals surface area contributed by atoms with E-state index in [-0.39, 0.29) is 17.8 Å². The van der Waals surface area contributed by atoms with Crippen LogP contribution < -0.4 is 10.6 Å². The maximum atomic E-state index is 13.2. The summed E-state index contributed by atoms with van der Waals surface area (Å²) in [6, 6.07) is 23.1. The molecular formula is C26H23FN4O. The third kappa shape index (κ3) is 5.16. The summed E-state index contributed by atoms with van der Waals surface area (Å²) in [6.07, 6.45) is 1.45. The van der Waals surface area contributed by atoms with Crippen LogP contribution in [0.2, 0.25) is 0 Å². The first kappa shape index (κ1) is 21.2. The Morgan fingerprint density at radius 2 is 1.69 bits per heavy atom. The van der Waals surface area contributed by atoms with Gasteiger partial charge in [-0.3, -0.25) is 4.79 Å². The van der Waals surface area contributed by atoms with E-state index in [1.165, 1.54) is 24.0 Å². The number of aromatic nitrogens is 2. The number of anilines is 2. The van der Waals surface area contributed by atoms with Gasteiger partial charge in [-0.15, -0.1) is 0 Å². The summed E-state index contributed by atoms with van der Waals surface area (Å²) < 4.78 is 13.2. The maximum absolute atomic E-state index is 13.2. The van der Waals surface area contributed by atoms with E-state index < -0.39 is 0 Å². The van der Waals surface area contributed by atoms with Crippen molar-refractivity contribution < 1.29 is 9.18 Å². The summed E-state index contributed by atoms with van der Waals surface area (Å²) in [6.45, 7) is 3.99. The number of carbonyl (C=O) groups is 1. The van der Waals surface area contributed by atoms with Crippen LogP contribution in [-0.4, -0.2) is 15.9 Å². The zero-order valence-corrected chi connectivity index (χ0v) is 17.8. The Morgan fingerprint density at radius 1 is 0.938 bits per heavy atom. The van der Waals surface area contributed by atoms with Gasteiger partial charge in [0.05, 0.1) is 11.7 Å². The number of nitrogens with one attached hydrogen (secondary N) is 2. The Balaban J connectivity index is 1.47. The lowest BCUT2D eigenvalue weighted by Gasteiger charge is -2.15. The Labute approximate surface area is 186 Å². The molecule has 0 bridgehead atoms. The topological polar surface area (TPSA) is 66.9 Å². The van der Waals surface area contributed by atoms with Gasteiger partial charge in [-0.25, -0.2) is 14.4 Å². The van der Waals surface area contributed by atoms with E-state index in [0.29, 0.717) is 17.1 Å². The normalized spacial score (nSPS) is 11.6. The summed E-state index contributed by atoms with van der Waals surface area (Å²) >= 11 is 0. The van der Waals surface area contributed by atoms with Gasteiger partial charge in [-0.2, -0.15) is 0 Å². The molecule has 0 spiro atoms. The summed E-state index contributed by atoms with van der Waals surface area (Å²) in [7, 11) is 0. The van der Waals surface area contributed by atoms with Crippen molar-refractivity contribution >= 4 is 17.4 Å². The highest BCUT2D eigenvalue weighted by molar-refractivity contribution is 5.95. The Hall–Kier alpha value is -4.06. The van der Waals surface area contributed by atoms with Crippen LogP contribution in [0, 0.1) is 12.7 Å². The van der Waals surface area contributed by atoms with Crippen molar-refractivity contribution in [2.75, 3.05) is 5.32 Å². The number of hydrogen-bond acceptors (Lipinski definition) is 4. The maximum Gasteiger partial charge on any atom is 0.251 e. The fourth-order valence-corrected chi connectivity index (χ4v) is 3.31. The van der Waals surface area contributed by atoms with Gasteiger partial charge < -0.3 is 10.6 Å². The molecule has 2 N–H and O–H groups in total. The van der Waals surface area contributed by atoms with E-state index in [9.17, 15) is 9.18 Å². The molecule has 5 nitrogen and oxygen atoms in total. The first-order valence-corrected chi connectivity index (χ1v) is 10.3. The molecule has 0 saturated carbocycles. The summed E-state index contributed by atoms with van der Waals surface area (Å²) in [4.78, 5) is 21.3. The lowest BCUT2D eigenvalue weighted by atomic mass is 10.1. The highest BCUT2D eigenvalue weighted by atomic mass is 19.1. The van der Waals surface area contributed by atoms with Gasteiger partial charge in [0.1, 0.15) is 18.0 Å². The van der Waals surface area contributed by atoms with Crippen LogP contribution in [0.25, 0.3) is 11.3 Å². The second-order valence-electron chi connectivity index (χ2n) is 7.61. The molecule has 0 saturated heterocycles. The number of halogens is 1. The van der Waals surface area contributed by atoms with E-state index in [4.69, 9.17) is 0 Å². The van der Waals surface area contributed by atoms with Crippen LogP contribution in [0.5, 0.6) is 0 Å². The number of benzene rings is 3. The second-order valence-corrected chi connectivity index (χ2v) is 7.61. The second kappa shape index (κ2) is 9.39. The minimum Gasteiger partial charge on any atom is -0.346 e. The van der Waals surface area contributed by atoms with Gasteiger partial charge in [0.15, 0.2) is 0 Å². The van der Waals surface area contributed by atoms with E-state index >= 15 is 0 Å². The minimum atomic E-state index is -0.298. The van der Waals surface area contributed by atoms with Gasteiger partial charge in [0.2, 0.25) is 0 Å². The van der Waals surface area contributed by atoms with Crippen LogP contribution in [0.3, 0.4) is 0 Å². The molecule has 160 valence electrons. The van der Waals surface area contributed by atoms with Gasteiger partial charge in [0, 0.05) is 22.9 Å². The number of carbonyl (C=O) groups excluding carboxylic acids is 1. The Kier molecular flexibility index (Phi) is 6.22. The van der Waals surface area contributed by atoms with Crippen molar-refractivity contribution in [3.8, 4) is 11.3 Å². The third-order valence-corrected chi connectivity index (χ3v) is 5.13. The highest BCUT2D eigenvalue weighted by Crippen LogP contribution is 2.22. The molecule has 32 heavy (non-hydrogen) atoms. The average Bonchev–Trinajstić information content (AvgIpc) is 2.80. The highest BCUT2D eigenvalue weighted by Gasteiger charge is 2.12. The number of aryl methyl sites for hydroxylation is 1. The van der Waals surface area contributed by atoms with Crippen molar-refractivity contribution in [1.29, 1.82) is 0 Å². The van der Waals surface area contributed by atoms with Crippen LogP contribution in [0.4, 0.5) is 15.9 Å². The van der Waals surface area contributed by atoms with Crippen molar-refractivity contribution in [3.63, 3.8) is 0 Å². The van der Waals surface area contributed by atoms with Crippen LogP contribution in [0.15, 0.2) is 85.2 Å². The van der Waals surface area contributed by atoms with Crippen LogP contribution in [-0.2, 0) is 0 Å². The lowest BCUT2D eigenvalue weighted by molar-refractivity contribution is 0.0940. The molecule has 1 atom stereocenters. The standard InChI is InChI=1S/C26H23FN4O/c1-17-6-8-19(9-7-17)18(2)30-26(32)21-4-3-5-23(14-21)31-25-15-24(28-16-29-25)20-10-12-22(27)13-11-20/h3-16,18H,1-2H3,(H,30,32)(H,28,29,31)/t18-/m1/s1. The largest absolute Gasteiger partial charge is 0.346 e.